The monoisotopic (exact) mass is 412 g/mol. The number of rotatable bonds is 4. The average Bonchev–Trinajstić information content (AvgIpc) is 3.20. The minimum Gasteiger partial charge on any atom is -0.481 e. The minimum absolute atomic E-state index is 0.0387. The Balaban J connectivity index is 2.17. The molecule has 1 saturated heterocycles. The van der Waals surface area contributed by atoms with Crippen LogP contribution in [0.1, 0.15) is 12.6 Å². The third kappa shape index (κ3) is 3.75. The summed E-state index contributed by atoms with van der Waals surface area (Å²) in [6.07, 6.45) is -0.919. The maximum absolute atomic E-state index is 14.2. The van der Waals surface area contributed by atoms with E-state index in [0.29, 0.717) is 5.57 Å². The molecular formula is C17H19F3N6O3. The van der Waals surface area contributed by atoms with Crippen LogP contribution in [0.3, 0.4) is 0 Å². The second kappa shape index (κ2) is 7.70. The van der Waals surface area contributed by atoms with Crippen LogP contribution in [-0.2, 0) is 9.47 Å². The van der Waals surface area contributed by atoms with Gasteiger partial charge in [0.25, 0.3) is 5.92 Å². The number of anilines is 1. The van der Waals surface area contributed by atoms with Gasteiger partial charge in [-0.2, -0.15) is 19.0 Å². The Bertz CT molecular complexity index is 1000. The molecule has 9 nitrogen and oxygen atoms in total. The topological polar surface area (TPSA) is 96.8 Å². The van der Waals surface area contributed by atoms with E-state index in [-0.39, 0.29) is 35.5 Å². The molecule has 2 aromatic rings. The number of halogens is 3. The van der Waals surface area contributed by atoms with Crippen LogP contribution in [0.2, 0.25) is 0 Å². The number of hydrogen-bond acceptors (Lipinski definition) is 7. The molecule has 12 heteroatoms. The number of β-amino-alcohol motifs (C(OH)–C–C–N with tert-alkyl or cyclic N) is 1. The Labute approximate surface area is 163 Å². The van der Waals surface area contributed by atoms with Crippen LogP contribution in [0.15, 0.2) is 28.1 Å². The number of aliphatic imine (C=N–C) groups is 2. The molecule has 1 unspecified atom stereocenters. The summed E-state index contributed by atoms with van der Waals surface area (Å²) >= 11 is 0. The Morgan fingerprint density at radius 3 is 2.66 bits per heavy atom. The third-order valence-electron chi connectivity index (χ3n) is 4.44. The molecule has 0 radical (unpaired) electrons. The first kappa shape index (κ1) is 20.6. The van der Waals surface area contributed by atoms with Gasteiger partial charge in [0.05, 0.1) is 44.9 Å². The highest BCUT2D eigenvalue weighted by Gasteiger charge is 2.48. The fourth-order valence-electron chi connectivity index (χ4n) is 2.92. The SMILES string of the molecule is C=N/C(=N\C(OC)=C(/C)c1cc(N2CC(O)C(F)(F)C2)c2ncc(F)n2n1)OC. The van der Waals surface area contributed by atoms with Crippen molar-refractivity contribution in [2.24, 2.45) is 9.98 Å². The summed E-state index contributed by atoms with van der Waals surface area (Å²) in [5, 5.41) is 13.8. The highest BCUT2D eigenvalue weighted by molar-refractivity contribution is 5.81. The van der Waals surface area contributed by atoms with Gasteiger partial charge in [0, 0.05) is 5.57 Å². The number of imidazole rings is 1. The van der Waals surface area contributed by atoms with Crippen LogP contribution in [-0.4, -0.2) is 71.8 Å². The molecule has 1 N–H and O–H groups in total. The highest BCUT2D eigenvalue weighted by Crippen LogP contribution is 2.34. The number of allylic oxidation sites excluding steroid dienone is 1. The number of fused-ring (bicyclic) bond motifs is 1. The Hall–Kier alpha value is -3.15. The van der Waals surface area contributed by atoms with E-state index in [0.717, 1.165) is 10.7 Å². The van der Waals surface area contributed by atoms with Gasteiger partial charge in [0.1, 0.15) is 6.10 Å². The Morgan fingerprint density at radius 2 is 2.10 bits per heavy atom. The molecule has 1 fully saturated rings. The molecule has 1 atom stereocenters. The number of amidine groups is 1. The first-order valence-corrected chi connectivity index (χ1v) is 8.41. The van der Waals surface area contributed by atoms with Crippen molar-refractivity contribution in [1.82, 2.24) is 14.6 Å². The van der Waals surface area contributed by atoms with Crippen LogP contribution in [0.25, 0.3) is 11.2 Å². The van der Waals surface area contributed by atoms with E-state index >= 15 is 0 Å². The van der Waals surface area contributed by atoms with E-state index in [2.05, 4.69) is 26.8 Å². The van der Waals surface area contributed by atoms with Crippen LogP contribution >= 0.6 is 0 Å². The first-order valence-electron chi connectivity index (χ1n) is 8.41. The van der Waals surface area contributed by atoms with Crippen molar-refractivity contribution in [3.05, 3.63) is 29.8 Å². The maximum Gasteiger partial charge on any atom is 0.318 e. The zero-order valence-corrected chi connectivity index (χ0v) is 15.9. The van der Waals surface area contributed by atoms with E-state index in [4.69, 9.17) is 9.47 Å². The molecule has 3 rings (SSSR count). The molecule has 0 spiro atoms. The van der Waals surface area contributed by atoms with Crippen molar-refractivity contribution >= 4 is 29.6 Å². The average molecular weight is 412 g/mol. The third-order valence-corrected chi connectivity index (χ3v) is 4.44. The molecule has 0 saturated carbocycles. The van der Waals surface area contributed by atoms with Crippen molar-refractivity contribution in [2.75, 3.05) is 32.2 Å². The summed E-state index contributed by atoms with van der Waals surface area (Å²) in [5.74, 6) is -4.03. The second-order valence-electron chi connectivity index (χ2n) is 6.28. The normalized spacial score (nSPS) is 20.0. The summed E-state index contributed by atoms with van der Waals surface area (Å²) in [5.41, 5.74) is 0.766. The number of aliphatic hydroxyl groups excluding tert-OH is 1. The highest BCUT2D eigenvalue weighted by atomic mass is 19.3. The lowest BCUT2D eigenvalue weighted by Gasteiger charge is -2.19. The number of ether oxygens (including phenoxy) is 2. The van der Waals surface area contributed by atoms with Gasteiger partial charge in [0.15, 0.2) is 5.65 Å². The van der Waals surface area contributed by atoms with Gasteiger partial charge in [-0.3, -0.25) is 0 Å². The molecule has 3 heterocycles. The van der Waals surface area contributed by atoms with E-state index in [1.807, 2.05) is 0 Å². The lowest BCUT2D eigenvalue weighted by atomic mass is 10.2. The molecule has 0 amide bonds. The molecule has 1 aliphatic rings. The van der Waals surface area contributed by atoms with Gasteiger partial charge >= 0.3 is 6.02 Å². The number of aliphatic hydroxyl groups is 1. The summed E-state index contributed by atoms with van der Waals surface area (Å²) in [4.78, 5) is 12.8. The van der Waals surface area contributed by atoms with E-state index in [1.54, 1.807) is 6.92 Å². The van der Waals surface area contributed by atoms with Crippen LogP contribution < -0.4 is 4.90 Å². The predicted molar refractivity (Wildman–Crippen MR) is 99.7 cm³/mol. The molecular weight excluding hydrogens is 393 g/mol. The predicted octanol–water partition coefficient (Wildman–Crippen LogP) is 1.72. The van der Waals surface area contributed by atoms with E-state index in [1.165, 1.54) is 25.2 Å². The van der Waals surface area contributed by atoms with Gasteiger partial charge in [0.2, 0.25) is 11.8 Å². The van der Waals surface area contributed by atoms with Crippen LogP contribution in [0.4, 0.5) is 18.9 Å². The minimum atomic E-state index is -3.30. The first-order chi connectivity index (χ1) is 13.7. The standard InChI is InChI=1S/C17H19F3N6O3/c1-9(15(28-3)23-16(21-2)29-4)10-5-11(14-22-6-13(18)26(14)24-10)25-7-12(27)17(19,20)8-25/h5-6,12,27H,2,7-8H2,1,3-4H3/b15-9-,23-16+. The molecule has 156 valence electrons. The smallest absolute Gasteiger partial charge is 0.318 e. The van der Waals surface area contributed by atoms with E-state index < -0.39 is 24.5 Å². The molecule has 0 bridgehead atoms. The lowest BCUT2D eigenvalue weighted by Crippen LogP contribution is -2.31. The zero-order valence-electron chi connectivity index (χ0n) is 15.9. The maximum atomic E-state index is 14.2. The Morgan fingerprint density at radius 1 is 1.38 bits per heavy atom. The van der Waals surface area contributed by atoms with Crippen molar-refractivity contribution in [2.45, 2.75) is 19.0 Å². The number of methoxy groups -OCH3 is 2. The molecule has 0 aromatic carbocycles. The molecule has 1 aliphatic heterocycles. The Kier molecular flexibility index (Phi) is 5.46. The summed E-state index contributed by atoms with van der Waals surface area (Å²) in [7, 11) is 2.70. The van der Waals surface area contributed by atoms with Crippen molar-refractivity contribution in [3.63, 3.8) is 0 Å². The van der Waals surface area contributed by atoms with E-state index in [9.17, 15) is 18.3 Å². The number of hydrogen-bond donors (Lipinski definition) is 1. The van der Waals surface area contributed by atoms with Gasteiger partial charge in [-0.25, -0.2) is 18.8 Å². The second-order valence-corrected chi connectivity index (χ2v) is 6.28. The van der Waals surface area contributed by atoms with Crippen molar-refractivity contribution < 1.29 is 27.8 Å². The van der Waals surface area contributed by atoms with Crippen molar-refractivity contribution in [3.8, 4) is 0 Å². The quantitative estimate of drug-likeness (QED) is 0.467. The summed E-state index contributed by atoms with van der Waals surface area (Å²) in [6, 6.07) is 1.38. The van der Waals surface area contributed by atoms with Crippen molar-refractivity contribution in [1.29, 1.82) is 0 Å². The van der Waals surface area contributed by atoms with Crippen LogP contribution in [0.5, 0.6) is 0 Å². The molecule has 2 aromatic heterocycles. The van der Waals surface area contributed by atoms with Gasteiger partial charge < -0.3 is 19.5 Å². The number of nitrogens with zero attached hydrogens (tertiary/aromatic N) is 6. The largest absolute Gasteiger partial charge is 0.481 e. The van der Waals surface area contributed by atoms with Gasteiger partial charge in [-0.05, 0) is 19.7 Å². The van der Waals surface area contributed by atoms with Gasteiger partial charge in [-0.1, -0.05) is 0 Å². The van der Waals surface area contributed by atoms with Crippen LogP contribution in [0, 0.1) is 5.95 Å². The fourth-order valence-corrected chi connectivity index (χ4v) is 2.92. The zero-order chi connectivity index (χ0) is 21.3. The fraction of sp³-hybridized carbons (Fsp3) is 0.412. The summed E-state index contributed by atoms with van der Waals surface area (Å²) < 4.78 is 52.9. The number of aromatic nitrogens is 3. The lowest BCUT2D eigenvalue weighted by molar-refractivity contribution is -0.0712. The molecule has 29 heavy (non-hydrogen) atoms. The van der Waals surface area contributed by atoms with Gasteiger partial charge in [-0.15, -0.1) is 0 Å². The summed E-state index contributed by atoms with van der Waals surface area (Å²) in [6.45, 7) is 3.83. The number of alkyl halides is 2. The molecule has 0 aliphatic carbocycles.